The first kappa shape index (κ1) is 14.0. The first-order valence-electron chi connectivity index (χ1n) is 6.33. The van der Waals surface area contributed by atoms with Crippen LogP contribution in [0.3, 0.4) is 0 Å². The summed E-state index contributed by atoms with van der Waals surface area (Å²) in [6.45, 7) is 2.99. The van der Waals surface area contributed by atoms with Crippen LogP contribution in [0.4, 0.5) is 0 Å². The molecule has 0 aromatic carbocycles. The molecule has 1 aliphatic heterocycles. The molecule has 2 rings (SSSR count). The Hall–Kier alpha value is -1.47. The molecule has 100 valence electrons. The van der Waals surface area contributed by atoms with E-state index in [1.807, 2.05) is 5.38 Å². The van der Waals surface area contributed by atoms with Crippen LogP contribution in [0.1, 0.15) is 24.0 Å². The predicted octanol–water partition coefficient (Wildman–Crippen LogP) is 1.96. The van der Waals surface area contributed by atoms with Gasteiger partial charge in [-0.3, -0.25) is 4.90 Å². The molecule has 0 bridgehead atoms. The van der Waals surface area contributed by atoms with Crippen LogP contribution in [0.5, 0.6) is 0 Å². The predicted molar refractivity (Wildman–Crippen MR) is 71.2 cm³/mol. The summed E-state index contributed by atoms with van der Waals surface area (Å²) in [4.78, 5) is 6.52. The molecule has 2 atom stereocenters. The van der Waals surface area contributed by atoms with Gasteiger partial charge in [-0.25, -0.2) is 4.98 Å². The number of ether oxygens (including phenoxy) is 1. The molecule has 19 heavy (non-hydrogen) atoms. The molecule has 0 aliphatic carbocycles. The van der Waals surface area contributed by atoms with Crippen molar-refractivity contribution in [3.63, 3.8) is 0 Å². The van der Waals surface area contributed by atoms with Crippen LogP contribution in [0, 0.1) is 28.6 Å². The molecular weight excluding hydrogens is 260 g/mol. The minimum absolute atomic E-state index is 0.0176. The lowest BCUT2D eigenvalue weighted by Gasteiger charge is -2.32. The Bertz CT molecular complexity index is 462. The van der Waals surface area contributed by atoms with Crippen LogP contribution in [0.2, 0.25) is 0 Å². The van der Waals surface area contributed by atoms with Crippen molar-refractivity contribution in [2.24, 2.45) is 5.92 Å². The molecule has 0 N–H and O–H groups in total. The van der Waals surface area contributed by atoms with Crippen LogP contribution in [0.25, 0.3) is 0 Å². The SMILES string of the molecule is N#CCC[C@@H](C#N)CN1CCO[C@@H](c2nccs2)C1. The molecule has 6 heteroatoms. The Balaban J connectivity index is 1.87. The van der Waals surface area contributed by atoms with E-state index in [9.17, 15) is 0 Å². The van der Waals surface area contributed by atoms with E-state index in [2.05, 4.69) is 22.0 Å². The van der Waals surface area contributed by atoms with Gasteiger partial charge < -0.3 is 4.74 Å². The van der Waals surface area contributed by atoms with Crippen molar-refractivity contribution < 1.29 is 4.74 Å². The Kier molecular flexibility index (Phi) is 5.29. The number of nitriles is 2. The number of nitrogens with zero attached hydrogens (tertiary/aromatic N) is 4. The van der Waals surface area contributed by atoms with E-state index in [1.54, 1.807) is 17.5 Å². The zero-order chi connectivity index (χ0) is 13.5. The van der Waals surface area contributed by atoms with Gasteiger partial charge in [0.15, 0.2) is 0 Å². The highest BCUT2D eigenvalue weighted by Crippen LogP contribution is 2.24. The van der Waals surface area contributed by atoms with E-state index in [0.717, 1.165) is 18.1 Å². The fourth-order valence-electron chi connectivity index (χ4n) is 2.16. The molecule has 0 saturated carbocycles. The highest BCUT2D eigenvalue weighted by molar-refractivity contribution is 7.09. The Morgan fingerprint density at radius 2 is 2.47 bits per heavy atom. The van der Waals surface area contributed by atoms with Gasteiger partial charge in [0.2, 0.25) is 0 Å². The zero-order valence-electron chi connectivity index (χ0n) is 10.7. The standard InChI is InChI=1S/C13H16N4OS/c14-3-1-2-11(8-15)9-17-5-6-18-12(10-17)13-16-4-7-19-13/h4,7,11-12H,1-2,5-6,9-10H2/t11-,12+/m0/s1. The molecule has 1 fully saturated rings. The molecule has 0 spiro atoms. The minimum Gasteiger partial charge on any atom is -0.368 e. The number of rotatable bonds is 5. The molecule has 2 heterocycles. The van der Waals surface area contributed by atoms with Crippen molar-refractivity contribution in [3.8, 4) is 12.1 Å². The molecule has 1 aromatic rings. The third kappa shape index (κ3) is 4.00. The van der Waals surface area contributed by atoms with Crippen LogP contribution < -0.4 is 0 Å². The maximum atomic E-state index is 9.11. The van der Waals surface area contributed by atoms with Crippen molar-refractivity contribution in [1.82, 2.24) is 9.88 Å². The fraction of sp³-hybridized carbons (Fsp3) is 0.615. The minimum atomic E-state index is -0.0744. The topological polar surface area (TPSA) is 72.9 Å². The molecular formula is C13H16N4OS. The summed E-state index contributed by atoms with van der Waals surface area (Å²) in [5.74, 6) is -0.0744. The highest BCUT2D eigenvalue weighted by Gasteiger charge is 2.25. The number of hydrogen-bond acceptors (Lipinski definition) is 6. The van der Waals surface area contributed by atoms with Crippen molar-refractivity contribution in [3.05, 3.63) is 16.6 Å². The second-order valence-electron chi connectivity index (χ2n) is 4.51. The van der Waals surface area contributed by atoms with Crippen LogP contribution in [0.15, 0.2) is 11.6 Å². The van der Waals surface area contributed by atoms with Crippen molar-refractivity contribution in [2.75, 3.05) is 26.2 Å². The first-order valence-corrected chi connectivity index (χ1v) is 7.21. The van der Waals surface area contributed by atoms with Crippen LogP contribution in [-0.2, 0) is 4.74 Å². The van der Waals surface area contributed by atoms with E-state index < -0.39 is 0 Å². The molecule has 0 unspecified atom stereocenters. The van der Waals surface area contributed by atoms with Crippen molar-refractivity contribution >= 4 is 11.3 Å². The monoisotopic (exact) mass is 276 g/mol. The second-order valence-corrected chi connectivity index (χ2v) is 5.44. The van der Waals surface area contributed by atoms with Crippen molar-refractivity contribution in [1.29, 1.82) is 10.5 Å². The summed E-state index contributed by atoms with van der Waals surface area (Å²) >= 11 is 1.60. The third-order valence-electron chi connectivity index (χ3n) is 3.14. The lowest BCUT2D eigenvalue weighted by Crippen LogP contribution is -2.40. The van der Waals surface area contributed by atoms with Gasteiger partial charge in [-0.15, -0.1) is 11.3 Å². The average molecular weight is 276 g/mol. The van der Waals surface area contributed by atoms with Crippen molar-refractivity contribution in [2.45, 2.75) is 18.9 Å². The zero-order valence-corrected chi connectivity index (χ0v) is 11.5. The molecule has 0 amide bonds. The molecule has 1 aliphatic rings. The summed E-state index contributed by atoms with van der Waals surface area (Å²) in [5.41, 5.74) is 0. The summed E-state index contributed by atoms with van der Waals surface area (Å²) in [6, 6.07) is 4.39. The van der Waals surface area contributed by atoms with Gasteiger partial charge >= 0.3 is 0 Å². The quantitative estimate of drug-likeness (QED) is 0.822. The fourth-order valence-corrected chi connectivity index (χ4v) is 2.84. The number of morpholine rings is 1. The normalized spacial score (nSPS) is 21.5. The average Bonchev–Trinajstić information content (AvgIpc) is 2.98. The highest BCUT2D eigenvalue weighted by atomic mass is 32.1. The third-order valence-corrected chi connectivity index (χ3v) is 4.01. The van der Waals surface area contributed by atoms with Gasteiger partial charge in [-0.1, -0.05) is 0 Å². The first-order chi connectivity index (χ1) is 9.33. The lowest BCUT2D eigenvalue weighted by atomic mass is 10.0. The number of aromatic nitrogens is 1. The van der Waals surface area contributed by atoms with Gasteiger partial charge in [0.25, 0.3) is 0 Å². The Morgan fingerprint density at radius 3 is 3.16 bits per heavy atom. The maximum Gasteiger partial charge on any atom is 0.123 e. The van der Waals surface area contributed by atoms with Gasteiger partial charge in [0, 0.05) is 37.6 Å². The van der Waals surface area contributed by atoms with E-state index in [4.69, 9.17) is 15.3 Å². The number of hydrogen-bond donors (Lipinski definition) is 0. The maximum absolute atomic E-state index is 9.11. The van der Waals surface area contributed by atoms with Crippen LogP contribution in [-0.4, -0.2) is 36.1 Å². The summed E-state index contributed by atoms with van der Waals surface area (Å²) < 4.78 is 5.72. The summed E-state index contributed by atoms with van der Waals surface area (Å²) in [7, 11) is 0. The van der Waals surface area contributed by atoms with E-state index in [-0.39, 0.29) is 12.0 Å². The Morgan fingerprint density at radius 1 is 1.58 bits per heavy atom. The summed E-state index contributed by atoms with van der Waals surface area (Å²) in [6.07, 6.45) is 2.89. The Labute approximate surface area is 117 Å². The van der Waals surface area contributed by atoms with Gasteiger partial charge in [0.05, 0.1) is 24.7 Å². The lowest BCUT2D eigenvalue weighted by molar-refractivity contribution is -0.0328. The number of thiazole rings is 1. The van der Waals surface area contributed by atoms with E-state index >= 15 is 0 Å². The molecule has 0 radical (unpaired) electrons. The summed E-state index contributed by atoms with van der Waals surface area (Å²) in [5, 5.41) is 20.6. The van der Waals surface area contributed by atoms with Gasteiger partial charge in [-0.2, -0.15) is 10.5 Å². The molecule has 5 nitrogen and oxygen atoms in total. The largest absolute Gasteiger partial charge is 0.368 e. The van der Waals surface area contributed by atoms with Crippen LogP contribution >= 0.6 is 11.3 Å². The molecule has 1 saturated heterocycles. The van der Waals surface area contributed by atoms with E-state index in [1.165, 1.54) is 0 Å². The van der Waals surface area contributed by atoms with Gasteiger partial charge in [0.1, 0.15) is 11.1 Å². The smallest absolute Gasteiger partial charge is 0.123 e. The van der Waals surface area contributed by atoms with Gasteiger partial charge in [-0.05, 0) is 6.42 Å². The van der Waals surface area contributed by atoms with E-state index in [0.29, 0.717) is 26.0 Å². The molecule has 1 aromatic heterocycles. The second kappa shape index (κ2) is 7.20.